The summed E-state index contributed by atoms with van der Waals surface area (Å²) in [6.07, 6.45) is 0. The smallest absolute Gasteiger partial charge is 0.129 e. The first-order valence-corrected chi connectivity index (χ1v) is 5.15. The number of ether oxygens (including phenoxy) is 1. The summed E-state index contributed by atoms with van der Waals surface area (Å²) >= 11 is 0. The highest BCUT2D eigenvalue weighted by Gasteiger charge is 2.08. The molecular formula is C12H18FNO. The van der Waals surface area contributed by atoms with Crippen molar-refractivity contribution in [3.8, 4) is 5.75 Å². The molecule has 0 heterocycles. The number of aryl methyl sites for hydroxylation is 1. The largest absolute Gasteiger partial charge is 0.492 e. The average molecular weight is 211 g/mol. The van der Waals surface area contributed by atoms with Crippen LogP contribution in [-0.4, -0.2) is 12.6 Å². The van der Waals surface area contributed by atoms with Gasteiger partial charge in [0.1, 0.15) is 18.2 Å². The van der Waals surface area contributed by atoms with Gasteiger partial charge < -0.3 is 10.5 Å². The van der Waals surface area contributed by atoms with Crippen molar-refractivity contribution in [1.29, 1.82) is 0 Å². The Bertz CT molecular complexity index is 325. The SMILES string of the molecule is Cc1ccc(OCC(N)C(C)C)cc1F. The van der Waals surface area contributed by atoms with Crippen molar-refractivity contribution in [3.05, 3.63) is 29.6 Å². The monoisotopic (exact) mass is 211 g/mol. The zero-order chi connectivity index (χ0) is 11.4. The van der Waals surface area contributed by atoms with Crippen molar-refractivity contribution in [2.45, 2.75) is 26.8 Å². The Morgan fingerprint density at radius 1 is 1.40 bits per heavy atom. The molecule has 84 valence electrons. The quantitative estimate of drug-likeness (QED) is 0.830. The van der Waals surface area contributed by atoms with E-state index in [2.05, 4.69) is 0 Å². The van der Waals surface area contributed by atoms with E-state index in [-0.39, 0.29) is 11.9 Å². The number of halogens is 1. The molecule has 15 heavy (non-hydrogen) atoms. The van der Waals surface area contributed by atoms with Gasteiger partial charge in [0.25, 0.3) is 0 Å². The van der Waals surface area contributed by atoms with Crippen LogP contribution in [0.4, 0.5) is 4.39 Å². The highest BCUT2D eigenvalue weighted by molar-refractivity contribution is 5.27. The van der Waals surface area contributed by atoms with Gasteiger partial charge in [0.05, 0.1) is 0 Å². The zero-order valence-corrected chi connectivity index (χ0v) is 9.46. The molecule has 0 aliphatic heterocycles. The molecule has 0 radical (unpaired) electrons. The topological polar surface area (TPSA) is 35.2 Å². The van der Waals surface area contributed by atoms with Gasteiger partial charge in [0, 0.05) is 12.1 Å². The maximum Gasteiger partial charge on any atom is 0.129 e. The first-order chi connectivity index (χ1) is 7.00. The fourth-order valence-corrected chi connectivity index (χ4v) is 1.05. The van der Waals surface area contributed by atoms with E-state index in [4.69, 9.17) is 10.5 Å². The molecule has 0 aliphatic carbocycles. The van der Waals surface area contributed by atoms with Crippen molar-refractivity contribution < 1.29 is 9.13 Å². The van der Waals surface area contributed by atoms with Crippen molar-refractivity contribution in [3.63, 3.8) is 0 Å². The van der Waals surface area contributed by atoms with Crippen LogP contribution < -0.4 is 10.5 Å². The van der Waals surface area contributed by atoms with Gasteiger partial charge in [-0.05, 0) is 24.5 Å². The molecule has 2 N–H and O–H groups in total. The van der Waals surface area contributed by atoms with Gasteiger partial charge in [-0.1, -0.05) is 19.9 Å². The molecule has 1 aromatic carbocycles. The van der Waals surface area contributed by atoms with E-state index in [1.165, 1.54) is 6.07 Å². The number of nitrogens with two attached hydrogens (primary N) is 1. The molecule has 0 aliphatic rings. The Kier molecular flexibility index (Phi) is 4.09. The molecule has 1 atom stereocenters. The molecule has 1 rings (SSSR count). The van der Waals surface area contributed by atoms with E-state index < -0.39 is 0 Å². The molecule has 3 heteroatoms. The number of hydrogen-bond acceptors (Lipinski definition) is 2. The van der Waals surface area contributed by atoms with E-state index >= 15 is 0 Å². The first-order valence-electron chi connectivity index (χ1n) is 5.15. The lowest BCUT2D eigenvalue weighted by Gasteiger charge is -2.16. The van der Waals surface area contributed by atoms with Crippen LogP contribution >= 0.6 is 0 Å². The Balaban J connectivity index is 2.55. The lowest BCUT2D eigenvalue weighted by Crippen LogP contribution is -2.33. The summed E-state index contributed by atoms with van der Waals surface area (Å²) in [6.45, 7) is 6.20. The Morgan fingerprint density at radius 3 is 2.60 bits per heavy atom. The molecule has 0 amide bonds. The van der Waals surface area contributed by atoms with Crippen LogP contribution in [0.25, 0.3) is 0 Å². The minimum absolute atomic E-state index is 0.0191. The van der Waals surface area contributed by atoms with Gasteiger partial charge in [0.2, 0.25) is 0 Å². The molecule has 0 fully saturated rings. The second-order valence-electron chi connectivity index (χ2n) is 4.13. The molecule has 0 saturated heterocycles. The number of hydrogen-bond donors (Lipinski definition) is 1. The summed E-state index contributed by atoms with van der Waals surface area (Å²) in [5, 5.41) is 0. The van der Waals surface area contributed by atoms with Gasteiger partial charge >= 0.3 is 0 Å². The highest BCUT2D eigenvalue weighted by atomic mass is 19.1. The maximum absolute atomic E-state index is 13.2. The van der Waals surface area contributed by atoms with Crippen LogP contribution in [0.15, 0.2) is 18.2 Å². The molecule has 2 nitrogen and oxygen atoms in total. The van der Waals surface area contributed by atoms with E-state index in [0.29, 0.717) is 23.8 Å². The third kappa shape index (κ3) is 3.51. The van der Waals surface area contributed by atoms with Crippen LogP contribution in [0.2, 0.25) is 0 Å². The predicted octanol–water partition coefficient (Wildman–Crippen LogP) is 2.50. The van der Waals surface area contributed by atoms with Gasteiger partial charge in [-0.25, -0.2) is 4.39 Å². The van der Waals surface area contributed by atoms with Gasteiger partial charge in [-0.3, -0.25) is 0 Å². The van der Waals surface area contributed by atoms with Crippen LogP contribution in [0.5, 0.6) is 5.75 Å². The molecular weight excluding hydrogens is 193 g/mol. The van der Waals surface area contributed by atoms with Crippen molar-refractivity contribution in [2.75, 3.05) is 6.61 Å². The Hall–Kier alpha value is -1.09. The molecule has 0 spiro atoms. The second-order valence-corrected chi connectivity index (χ2v) is 4.13. The van der Waals surface area contributed by atoms with Crippen LogP contribution in [0.3, 0.4) is 0 Å². The minimum atomic E-state index is -0.245. The normalized spacial score (nSPS) is 12.9. The molecule has 1 unspecified atom stereocenters. The van der Waals surface area contributed by atoms with Crippen LogP contribution in [-0.2, 0) is 0 Å². The highest BCUT2D eigenvalue weighted by Crippen LogP contribution is 2.16. The fourth-order valence-electron chi connectivity index (χ4n) is 1.05. The summed E-state index contributed by atoms with van der Waals surface area (Å²) in [5.41, 5.74) is 6.43. The van der Waals surface area contributed by atoms with Gasteiger partial charge in [-0.15, -0.1) is 0 Å². The summed E-state index contributed by atoms with van der Waals surface area (Å²) in [4.78, 5) is 0. The van der Waals surface area contributed by atoms with E-state index in [9.17, 15) is 4.39 Å². The Morgan fingerprint density at radius 2 is 2.07 bits per heavy atom. The fraction of sp³-hybridized carbons (Fsp3) is 0.500. The summed E-state index contributed by atoms with van der Waals surface area (Å²) in [6, 6.07) is 4.83. The molecule has 0 aromatic heterocycles. The van der Waals surface area contributed by atoms with Gasteiger partial charge in [0.15, 0.2) is 0 Å². The first kappa shape index (κ1) is 12.0. The summed E-state index contributed by atoms with van der Waals surface area (Å²) in [7, 11) is 0. The summed E-state index contributed by atoms with van der Waals surface area (Å²) in [5.74, 6) is 0.653. The van der Waals surface area contributed by atoms with Crippen molar-refractivity contribution >= 4 is 0 Å². The second kappa shape index (κ2) is 5.12. The minimum Gasteiger partial charge on any atom is -0.492 e. The standard InChI is InChI=1S/C12H18FNO/c1-8(2)12(14)7-15-10-5-4-9(3)11(13)6-10/h4-6,8,12H,7,14H2,1-3H3. The Labute approximate surface area is 90.2 Å². The van der Waals surface area contributed by atoms with E-state index in [1.54, 1.807) is 19.1 Å². The number of rotatable bonds is 4. The predicted molar refractivity (Wildman–Crippen MR) is 59.4 cm³/mol. The lowest BCUT2D eigenvalue weighted by atomic mass is 10.1. The zero-order valence-electron chi connectivity index (χ0n) is 9.46. The third-order valence-electron chi connectivity index (χ3n) is 2.44. The third-order valence-corrected chi connectivity index (χ3v) is 2.44. The van der Waals surface area contributed by atoms with E-state index in [1.807, 2.05) is 13.8 Å². The van der Waals surface area contributed by atoms with Crippen LogP contribution in [0.1, 0.15) is 19.4 Å². The molecule has 0 bridgehead atoms. The molecule has 0 saturated carbocycles. The average Bonchev–Trinajstić information content (AvgIpc) is 2.19. The number of benzene rings is 1. The maximum atomic E-state index is 13.2. The summed E-state index contributed by atoms with van der Waals surface area (Å²) < 4.78 is 18.6. The van der Waals surface area contributed by atoms with Crippen molar-refractivity contribution in [1.82, 2.24) is 0 Å². The molecule has 1 aromatic rings. The lowest BCUT2D eigenvalue weighted by molar-refractivity contribution is 0.258. The van der Waals surface area contributed by atoms with Crippen LogP contribution in [0, 0.1) is 18.7 Å². The van der Waals surface area contributed by atoms with Gasteiger partial charge in [-0.2, -0.15) is 0 Å². The van der Waals surface area contributed by atoms with E-state index in [0.717, 1.165) is 0 Å². The van der Waals surface area contributed by atoms with Crippen molar-refractivity contribution in [2.24, 2.45) is 11.7 Å².